The van der Waals surface area contributed by atoms with Crippen molar-refractivity contribution in [1.29, 1.82) is 0 Å². The lowest BCUT2D eigenvalue weighted by molar-refractivity contribution is -0.0700. The summed E-state index contributed by atoms with van der Waals surface area (Å²) in [5.74, 6) is 0.256. The smallest absolute Gasteiger partial charge is 0.250 e. The lowest BCUT2D eigenvalue weighted by atomic mass is 10.1. The molecular weight excluding hydrogens is 375 g/mol. The summed E-state index contributed by atoms with van der Waals surface area (Å²) in [6.45, 7) is 2.52. The van der Waals surface area contributed by atoms with Crippen molar-refractivity contribution in [1.82, 2.24) is 19.5 Å². The van der Waals surface area contributed by atoms with Gasteiger partial charge in [0.1, 0.15) is 30.2 Å². The van der Waals surface area contributed by atoms with E-state index in [1.807, 2.05) is 0 Å². The van der Waals surface area contributed by atoms with E-state index in [0.29, 0.717) is 17.8 Å². The summed E-state index contributed by atoms with van der Waals surface area (Å²) in [6, 6.07) is 0. The maximum Gasteiger partial charge on any atom is 0.250 e. The van der Waals surface area contributed by atoms with Crippen LogP contribution in [0.3, 0.4) is 0 Å². The van der Waals surface area contributed by atoms with Gasteiger partial charge in [0, 0.05) is 6.61 Å². The first-order valence-corrected chi connectivity index (χ1v) is 10.1. The highest BCUT2D eigenvalue weighted by Gasteiger charge is 2.46. The Kier molecular flexibility index (Phi) is 6.88. The summed E-state index contributed by atoms with van der Waals surface area (Å²) in [5, 5.41) is 10.7. The number of ether oxygens (including phenoxy) is 2. The largest absolute Gasteiger partial charge is 0.387 e. The summed E-state index contributed by atoms with van der Waals surface area (Å²) >= 11 is 0. The fraction of sp³-hybridized carbons (Fsp3) is 0.667. The molecule has 0 radical (unpaired) electrons. The molecule has 2 aromatic rings. The van der Waals surface area contributed by atoms with Crippen molar-refractivity contribution < 1.29 is 24.0 Å². The topological polar surface area (TPSA) is 164 Å². The molecule has 0 amide bonds. The van der Waals surface area contributed by atoms with Crippen LogP contribution in [0.25, 0.3) is 11.2 Å². The predicted molar refractivity (Wildman–Crippen MR) is 98.2 cm³/mol. The highest BCUT2D eigenvalue weighted by molar-refractivity contribution is 7.43. The summed E-state index contributed by atoms with van der Waals surface area (Å²) in [7, 11) is -2.05. The molecule has 0 saturated carbocycles. The lowest BCUT2D eigenvalue weighted by Gasteiger charge is -2.22. The number of unbranched alkanes of at least 4 members (excludes halogenated alkanes) is 2. The van der Waals surface area contributed by atoms with Crippen molar-refractivity contribution in [3.05, 3.63) is 12.7 Å². The average Bonchev–Trinajstić information content (AvgIpc) is 3.19. The fourth-order valence-corrected chi connectivity index (χ4v) is 3.34. The van der Waals surface area contributed by atoms with Crippen molar-refractivity contribution in [3.8, 4) is 0 Å². The molecule has 3 heterocycles. The van der Waals surface area contributed by atoms with E-state index in [1.54, 1.807) is 4.57 Å². The summed E-state index contributed by atoms with van der Waals surface area (Å²) < 4.78 is 18.6. The molecule has 1 aliphatic heterocycles. The van der Waals surface area contributed by atoms with Gasteiger partial charge in [0.15, 0.2) is 17.7 Å². The Morgan fingerprint density at radius 1 is 1.33 bits per heavy atom. The van der Waals surface area contributed by atoms with E-state index in [-0.39, 0.29) is 12.4 Å². The van der Waals surface area contributed by atoms with E-state index in [9.17, 15) is 10.00 Å². The first-order chi connectivity index (χ1) is 13.0. The number of hydrogen-bond acceptors (Lipinski definition) is 10. The number of hydrogen-bond donors (Lipinski definition) is 4. The zero-order valence-corrected chi connectivity index (χ0v) is 15.9. The zero-order valence-electron chi connectivity index (χ0n) is 15.0. The van der Waals surface area contributed by atoms with Gasteiger partial charge in [-0.05, 0) is 6.42 Å². The van der Waals surface area contributed by atoms with Gasteiger partial charge >= 0.3 is 0 Å². The molecule has 1 unspecified atom stereocenters. The third-order valence-electron chi connectivity index (χ3n) is 4.40. The molecule has 150 valence electrons. The van der Waals surface area contributed by atoms with Gasteiger partial charge in [-0.25, -0.2) is 15.0 Å². The van der Waals surface area contributed by atoms with Gasteiger partial charge in [-0.15, -0.1) is 0 Å². The van der Waals surface area contributed by atoms with Crippen LogP contribution in [0.15, 0.2) is 12.7 Å². The maximum absolute atomic E-state index is 10.7. The third kappa shape index (κ3) is 4.52. The van der Waals surface area contributed by atoms with Crippen LogP contribution in [0.5, 0.6) is 0 Å². The van der Waals surface area contributed by atoms with Crippen LogP contribution >= 0.6 is 8.53 Å². The normalized spacial score (nSPS) is 26.7. The second kappa shape index (κ2) is 9.16. The molecule has 6 N–H and O–H groups in total. The molecule has 0 aromatic carbocycles. The number of imidazole rings is 1. The van der Waals surface area contributed by atoms with Gasteiger partial charge < -0.3 is 29.7 Å². The molecule has 3 rings (SSSR count). The van der Waals surface area contributed by atoms with Crippen molar-refractivity contribution in [2.45, 2.75) is 50.7 Å². The van der Waals surface area contributed by atoms with Gasteiger partial charge in [0.2, 0.25) is 8.53 Å². The third-order valence-corrected chi connectivity index (χ3v) is 4.82. The number of fused-ring (bicyclic) bond motifs is 1. The van der Waals surface area contributed by atoms with Crippen LogP contribution in [0.4, 0.5) is 5.82 Å². The molecule has 5 atom stereocenters. The van der Waals surface area contributed by atoms with Crippen LogP contribution in [0.2, 0.25) is 0 Å². The molecule has 11 nitrogen and oxygen atoms in total. The monoisotopic (exact) mass is 400 g/mol. The van der Waals surface area contributed by atoms with Crippen molar-refractivity contribution >= 4 is 25.5 Å². The molecule has 2 aromatic heterocycles. The van der Waals surface area contributed by atoms with Gasteiger partial charge in [-0.2, -0.15) is 0 Å². The number of rotatable bonds is 9. The molecule has 12 heteroatoms. The van der Waals surface area contributed by atoms with Crippen LogP contribution in [-0.4, -0.2) is 61.0 Å². The van der Waals surface area contributed by atoms with E-state index in [1.165, 1.54) is 12.7 Å². The number of nitrogens with zero attached hydrogens (tertiary/aromatic N) is 4. The molecule has 0 aliphatic carbocycles. The van der Waals surface area contributed by atoms with Crippen molar-refractivity contribution in [2.75, 3.05) is 18.9 Å². The molecule has 1 fully saturated rings. The number of aliphatic hydroxyl groups excluding tert-OH is 1. The second-order valence-electron chi connectivity index (χ2n) is 6.28. The summed E-state index contributed by atoms with van der Waals surface area (Å²) in [4.78, 5) is 21.6. The second-order valence-corrected chi connectivity index (χ2v) is 7.14. The number of aliphatic hydroxyl groups is 1. The predicted octanol–water partition coefficient (Wildman–Crippen LogP) is 0.437. The molecule has 0 spiro atoms. The molecule has 1 saturated heterocycles. The molecule has 0 bridgehead atoms. The van der Waals surface area contributed by atoms with Crippen molar-refractivity contribution in [2.24, 2.45) is 5.50 Å². The summed E-state index contributed by atoms with van der Waals surface area (Å²) in [6.07, 6.45) is 2.80. The SMILES string of the molecule is CCCCCO[C@@H]1[C@H](O)[C@@H](COP(N)O)O[C@H]1n1cnc2c(N)ncnc21. The summed E-state index contributed by atoms with van der Waals surface area (Å²) in [5.41, 5.74) is 12.0. The van der Waals surface area contributed by atoms with Crippen LogP contribution < -0.4 is 11.2 Å². The zero-order chi connectivity index (χ0) is 19.4. The Labute approximate surface area is 157 Å². The van der Waals surface area contributed by atoms with E-state index in [0.717, 1.165) is 19.3 Å². The van der Waals surface area contributed by atoms with Crippen molar-refractivity contribution in [3.63, 3.8) is 0 Å². The standard InChI is InChI=1S/C15H25N6O5P/c1-2-3-4-5-24-12-11(22)9(6-25-27(17)23)26-15(12)21-8-20-10-13(16)18-7-19-14(10)21/h7-9,11-12,15,22-23H,2-6,17H2,1H3,(H2,16,18,19)/t9-,11-,12-,15-,27?/m1/s1. The Morgan fingerprint density at radius 2 is 2.15 bits per heavy atom. The average molecular weight is 400 g/mol. The van der Waals surface area contributed by atoms with Crippen LogP contribution in [0.1, 0.15) is 32.4 Å². The highest BCUT2D eigenvalue weighted by Crippen LogP contribution is 2.35. The maximum atomic E-state index is 10.7. The molecule has 27 heavy (non-hydrogen) atoms. The Bertz CT molecular complexity index is 747. The number of nitrogens with two attached hydrogens (primary N) is 2. The van der Waals surface area contributed by atoms with Gasteiger partial charge in [-0.1, -0.05) is 19.8 Å². The Balaban J connectivity index is 1.83. The quantitative estimate of drug-likeness (QED) is 0.343. The van der Waals surface area contributed by atoms with Crippen LogP contribution in [-0.2, 0) is 14.0 Å². The van der Waals surface area contributed by atoms with E-state index < -0.39 is 33.1 Å². The Morgan fingerprint density at radius 3 is 2.89 bits per heavy atom. The van der Waals surface area contributed by atoms with Gasteiger partial charge in [-0.3, -0.25) is 10.1 Å². The lowest BCUT2D eigenvalue weighted by Crippen LogP contribution is -2.36. The van der Waals surface area contributed by atoms with E-state index in [2.05, 4.69) is 21.9 Å². The van der Waals surface area contributed by atoms with E-state index >= 15 is 0 Å². The number of nitrogen functional groups attached to an aromatic ring is 1. The van der Waals surface area contributed by atoms with Gasteiger partial charge in [0.05, 0.1) is 12.9 Å². The fourth-order valence-electron chi connectivity index (χ4n) is 3.04. The minimum atomic E-state index is -2.05. The minimum Gasteiger partial charge on any atom is -0.387 e. The van der Waals surface area contributed by atoms with Gasteiger partial charge in [0.25, 0.3) is 0 Å². The number of anilines is 1. The first-order valence-electron chi connectivity index (χ1n) is 8.77. The molecular formula is C15H25N6O5P. The van der Waals surface area contributed by atoms with Crippen LogP contribution in [0, 0.1) is 0 Å². The number of aromatic nitrogens is 4. The minimum absolute atomic E-state index is 0.0606. The highest BCUT2D eigenvalue weighted by atomic mass is 31.2. The molecule has 1 aliphatic rings. The van der Waals surface area contributed by atoms with E-state index in [4.69, 9.17) is 25.2 Å². The Hall–Kier alpha value is -1.46. The first kappa shape index (κ1) is 20.3.